The number of hydrogen-bond donors (Lipinski definition) is 0. The van der Waals surface area contributed by atoms with E-state index in [4.69, 9.17) is 0 Å². The minimum atomic E-state index is 1.33. The van der Waals surface area contributed by atoms with Crippen LogP contribution in [0.3, 0.4) is 0 Å². The number of aryl methyl sites for hydroxylation is 4. The van der Waals surface area contributed by atoms with Gasteiger partial charge in [0.2, 0.25) is 0 Å². The second kappa shape index (κ2) is 10.2. The first-order chi connectivity index (χ1) is 11.9. The highest BCUT2D eigenvalue weighted by molar-refractivity contribution is 7.10. The van der Waals surface area contributed by atoms with Gasteiger partial charge in [-0.2, -0.15) is 11.3 Å². The number of hydrogen-bond acceptors (Lipinski definition) is 3. The van der Waals surface area contributed by atoms with E-state index >= 15 is 0 Å². The predicted octanol–water partition coefficient (Wildman–Crippen LogP) is 7.39. The average Bonchev–Trinajstić information content (AvgIpc) is 3.38. The summed E-state index contributed by atoms with van der Waals surface area (Å²) in [6, 6.07) is 8.61. The van der Waals surface area contributed by atoms with Crippen LogP contribution < -0.4 is 0 Å². The fourth-order valence-electron chi connectivity index (χ4n) is 3.22. The van der Waals surface area contributed by atoms with Crippen molar-refractivity contribution in [3.05, 3.63) is 66.7 Å². The normalized spacial score (nSPS) is 15.7. The smallest absolute Gasteiger partial charge is 0.00772 e. The number of thiophene rings is 3. The van der Waals surface area contributed by atoms with E-state index in [0.717, 1.165) is 0 Å². The Morgan fingerprint density at radius 2 is 1.04 bits per heavy atom. The Labute approximate surface area is 158 Å². The zero-order valence-electron chi connectivity index (χ0n) is 14.2. The molecule has 0 amide bonds. The Morgan fingerprint density at radius 1 is 0.542 bits per heavy atom. The quantitative estimate of drug-likeness (QED) is 0.360. The van der Waals surface area contributed by atoms with Crippen LogP contribution in [0.15, 0.2) is 45.8 Å². The van der Waals surface area contributed by atoms with Crippen LogP contribution in [0.25, 0.3) is 0 Å². The lowest BCUT2D eigenvalue weighted by Crippen LogP contribution is -1.96. The van der Waals surface area contributed by atoms with Crippen molar-refractivity contribution in [1.29, 1.82) is 0 Å². The molecule has 2 aliphatic rings. The van der Waals surface area contributed by atoms with Crippen LogP contribution in [0.1, 0.15) is 53.0 Å². The van der Waals surface area contributed by atoms with Gasteiger partial charge in [0.25, 0.3) is 0 Å². The van der Waals surface area contributed by atoms with Crippen LogP contribution >= 0.6 is 34.0 Å². The first-order valence-corrected chi connectivity index (χ1v) is 11.7. The Kier molecular flexibility index (Phi) is 7.59. The van der Waals surface area contributed by atoms with Gasteiger partial charge in [-0.3, -0.25) is 0 Å². The SMILES string of the molecule is c1cc2c(s1)CCCC2.c1cc2c(s1)CCCCC2.c1ccsc1. The molecule has 3 aromatic heterocycles. The maximum atomic E-state index is 2.30. The van der Waals surface area contributed by atoms with E-state index in [1.165, 1.54) is 57.8 Å². The van der Waals surface area contributed by atoms with Gasteiger partial charge >= 0.3 is 0 Å². The van der Waals surface area contributed by atoms with Crippen molar-refractivity contribution in [2.45, 2.75) is 57.8 Å². The van der Waals surface area contributed by atoms with Crippen LogP contribution in [0.4, 0.5) is 0 Å². The minimum absolute atomic E-state index is 1.33. The summed E-state index contributed by atoms with van der Waals surface area (Å²) in [7, 11) is 0. The molecule has 2 aliphatic carbocycles. The van der Waals surface area contributed by atoms with Crippen molar-refractivity contribution in [3.8, 4) is 0 Å². The van der Waals surface area contributed by atoms with E-state index in [9.17, 15) is 0 Å². The highest BCUT2D eigenvalue weighted by Gasteiger charge is 2.08. The lowest BCUT2D eigenvalue weighted by Gasteiger charge is -2.08. The molecule has 5 rings (SSSR count). The van der Waals surface area contributed by atoms with Gasteiger partial charge in [0.15, 0.2) is 0 Å². The van der Waals surface area contributed by atoms with Gasteiger partial charge < -0.3 is 0 Å². The number of rotatable bonds is 0. The summed E-state index contributed by atoms with van der Waals surface area (Å²) in [5.41, 5.74) is 3.24. The molecule has 0 saturated carbocycles. The van der Waals surface area contributed by atoms with E-state index in [2.05, 4.69) is 22.9 Å². The van der Waals surface area contributed by atoms with Gasteiger partial charge in [-0.25, -0.2) is 0 Å². The fraction of sp³-hybridized carbons (Fsp3) is 0.429. The van der Waals surface area contributed by atoms with Crippen LogP contribution in [0.2, 0.25) is 0 Å². The van der Waals surface area contributed by atoms with E-state index in [1.807, 2.05) is 45.6 Å². The zero-order chi connectivity index (χ0) is 16.5. The summed E-state index contributed by atoms with van der Waals surface area (Å²) < 4.78 is 0. The summed E-state index contributed by atoms with van der Waals surface area (Å²) in [4.78, 5) is 3.29. The van der Waals surface area contributed by atoms with Crippen molar-refractivity contribution in [2.75, 3.05) is 0 Å². The predicted molar refractivity (Wildman–Crippen MR) is 111 cm³/mol. The molecule has 0 aromatic carbocycles. The van der Waals surface area contributed by atoms with Gasteiger partial charge in [-0.05, 0) is 96.1 Å². The molecule has 3 aromatic rings. The molecule has 24 heavy (non-hydrogen) atoms. The summed E-state index contributed by atoms with van der Waals surface area (Å²) in [5, 5.41) is 8.53. The summed E-state index contributed by atoms with van der Waals surface area (Å²) in [5.74, 6) is 0. The molecule has 0 atom stereocenters. The van der Waals surface area contributed by atoms with E-state index < -0.39 is 0 Å². The highest BCUT2D eigenvalue weighted by atomic mass is 32.1. The van der Waals surface area contributed by atoms with Crippen molar-refractivity contribution in [1.82, 2.24) is 0 Å². The summed E-state index contributed by atoms with van der Waals surface area (Å²) in [6.45, 7) is 0. The Hall–Kier alpha value is -0.900. The van der Waals surface area contributed by atoms with Crippen molar-refractivity contribution in [3.63, 3.8) is 0 Å². The molecule has 0 nitrogen and oxygen atoms in total. The molecule has 0 fully saturated rings. The molecular formula is C21H26S3. The first kappa shape index (κ1) is 17.9. The highest BCUT2D eigenvalue weighted by Crippen LogP contribution is 2.25. The molecule has 0 radical (unpaired) electrons. The molecule has 0 unspecified atom stereocenters. The van der Waals surface area contributed by atoms with Gasteiger partial charge in [0.1, 0.15) is 0 Å². The van der Waals surface area contributed by atoms with Gasteiger partial charge in [-0.15, -0.1) is 22.7 Å². The largest absolute Gasteiger partial charge is 0.152 e. The molecule has 3 heteroatoms. The van der Waals surface area contributed by atoms with Crippen molar-refractivity contribution >= 4 is 34.0 Å². The third-order valence-electron chi connectivity index (χ3n) is 4.55. The van der Waals surface area contributed by atoms with Crippen molar-refractivity contribution in [2.24, 2.45) is 0 Å². The summed E-state index contributed by atoms with van der Waals surface area (Å²) >= 11 is 5.58. The third kappa shape index (κ3) is 5.58. The summed E-state index contributed by atoms with van der Waals surface area (Å²) in [6.07, 6.45) is 12.4. The Morgan fingerprint density at radius 3 is 1.58 bits per heavy atom. The average molecular weight is 375 g/mol. The Bertz CT molecular complexity index is 617. The number of fused-ring (bicyclic) bond motifs is 2. The molecular weight excluding hydrogens is 348 g/mol. The third-order valence-corrected chi connectivity index (χ3v) is 7.23. The van der Waals surface area contributed by atoms with Crippen LogP contribution in [0.5, 0.6) is 0 Å². The molecule has 0 spiro atoms. The molecule has 0 saturated heterocycles. The van der Waals surface area contributed by atoms with E-state index in [-0.39, 0.29) is 0 Å². The molecule has 0 aliphatic heterocycles. The topological polar surface area (TPSA) is 0 Å². The zero-order valence-corrected chi connectivity index (χ0v) is 16.7. The monoisotopic (exact) mass is 374 g/mol. The molecule has 3 heterocycles. The van der Waals surface area contributed by atoms with Gasteiger partial charge in [-0.1, -0.05) is 18.6 Å². The lowest BCUT2D eigenvalue weighted by atomic mass is 10.00. The molecule has 0 N–H and O–H groups in total. The Balaban J connectivity index is 0.000000112. The van der Waals surface area contributed by atoms with Gasteiger partial charge in [0, 0.05) is 9.75 Å². The lowest BCUT2D eigenvalue weighted by molar-refractivity contribution is 0.697. The first-order valence-electron chi connectivity index (χ1n) is 9.01. The second-order valence-corrected chi connectivity index (χ2v) is 9.12. The standard InChI is InChI=1S/C9H12S.C8H10S.C4H4S/c1-2-4-8-6-7-10-9(8)5-3-1;1-2-4-8-7(3-1)5-6-9-8;1-2-4-5-3-1/h6-7H,1-5H2;5-6H,1-4H2;1-4H. The van der Waals surface area contributed by atoms with E-state index in [0.29, 0.717) is 0 Å². The van der Waals surface area contributed by atoms with Crippen LogP contribution in [-0.2, 0) is 25.7 Å². The maximum absolute atomic E-state index is 2.30. The van der Waals surface area contributed by atoms with Crippen LogP contribution in [-0.4, -0.2) is 0 Å². The second-order valence-electron chi connectivity index (χ2n) is 6.30. The van der Waals surface area contributed by atoms with Crippen LogP contribution in [0, 0.1) is 0 Å². The molecule has 0 bridgehead atoms. The fourth-order valence-corrected chi connectivity index (χ4v) is 5.64. The minimum Gasteiger partial charge on any atom is -0.152 e. The maximum Gasteiger partial charge on any atom is 0.00772 e. The van der Waals surface area contributed by atoms with E-state index in [1.54, 1.807) is 32.2 Å². The van der Waals surface area contributed by atoms with Crippen molar-refractivity contribution < 1.29 is 0 Å². The molecule has 128 valence electrons. The van der Waals surface area contributed by atoms with Gasteiger partial charge in [0.05, 0.1) is 0 Å².